The second kappa shape index (κ2) is 6.91. The number of allylic oxidation sites excluding steroid dienone is 1. The number of hydrogen-bond acceptors (Lipinski definition) is 3. The molecule has 0 saturated heterocycles. The van der Waals surface area contributed by atoms with Gasteiger partial charge in [-0.05, 0) is 50.4 Å². The summed E-state index contributed by atoms with van der Waals surface area (Å²) in [5, 5.41) is 0. The van der Waals surface area contributed by atoms with Crippen LogP contribution in [0, 0.1) is 35.0 Å². The van der Waals surface area contributed by atoms with E-state index < -0.39 is 5.41 Å². The molecule has 0 aromatic rings. The highest BCUT2D eigenvalue weighted by Gasteiger charge is 2.56. The Kier molecular flexibility index (Phi) is 4.90. The second-order valence-corrected chi connectivity index (χ2v) is 7.19. The third kappa shape index (κ3) is 2.96. The average Bonchev–Trinajstić information content (AvgIpc) is 2.58. The molecular weight excluding hydrogens is 288 g/mol. The van der Waals surface area contributed by atoms with E-state index >= 15 is 0 Å². The molecule has 23 heavy (non-hydrogen) atoms. The van der Waals surface area contributed by atoms with Crippen LogP contribution in [0.25, 0.3) is 0 Å². The normalized spacial score (nSPS) is 36.9. The predicted molar refractivity (Wildman–Crippen MR) is 88.4 cm³/mol. The molecule has 3 nitrogen and oxygen atoms in total. The van der Waals surface area contributed by atoms with Gasteiger partial charge in [0.05, 0.1) is 7.11 Å². The molecule has 0 aromatic heterocycles. The van der Waals surface area contributed by atoms with Crippen molar-refractivity contribution in [2.75, 3.05) is 7.11 Å². The molecule has 2 unspecified atom stereocenters. The standard InChI is InChI=1S/C20H26O3/c1-23-19(22)20-13-12-15-8-6-4-2-3-5-7-9-16(18(20)21)10-11-17(20)14-15/h12-13,15-17H,3,5-11,14H2,1H3/t15?,16?,17-,20-/m1/s1. The Morgan fingerprint density at radius 3 is 2.83 bits per heavy atom. The van der Waals surface area contributed by atoms with Crippen molar-refractivity contribution in [2.24, 2.45) is 23.2 Å². The fourth-order valence-electron chi connectivity index (χ4n) is 4.59. The molecule has 4 aliphatic rings. The molecule has 124 valence electrons. The van der Waals surface area contributed by atoms with Crippen molar-refractivity contribution in [3.05, 3.63) is 12.2 Å². The van der Waals surface area contributed by atoms with E-state index in [1.54, 1.807) is 0 Å². The van der Waals surface area contributed by atoms with Crippen molar-refractivity contribution >= 4 is 11.8 Å². The van der Waals surface area contributed by atoms with E-state index in [0.29, 0.717) is 5.92 Å². The van der Waals surface area contributed by atoms with Crippen LogP contribution >= 0.6 is 0 Å². The first kappa shape index (κ1) is 16.3. The first-order valence-electron chi connectivity index (χ1n) is 8.96. The Morgan fingerprint density at radius 1 is 1.17 bits per heavy atom. The van der Waals surface area contributed by atoms with Gasteiger partial charge in [0.2, 0.25) is 0 Å². The number of ether oxygens (including phenoxy) is 1. The van der Waals surface area contributed by atoms with E-state index in [9.17, 15) is 9.59 Å². The Labute approximate surface area is 138 Å². The molecule has 4 aliphatic carbocycles. The summed E-state index contributed by atoms with van der Waals surface area (Å²) in [5.41, 5.74) is -1.01. The number of esters is 1. The lowest BCUT2D eigenvalue weighted by molar-refractivity contribution is -0.163. The number of ketones is 1. The van der Waals surface area contributed by atoms with Crippen molar-refractivity contribution in [3.63, 3.8) is 0 Å². The lowest BCUT2D eigenvalue weighted by Gasteiger charge is -2.45. The third-order valence-electron chi connectivity index (χ3n) is 5.90. The highest BCUT2D eigenvalue weighted by atomic mass is 16.5. The summed E-state index contributed by atoms with van der Waals surface area (Å²) in [7, 11) is 1.40. The summed E-state index contributed by atoms with van der Waals surface area (Å²) in [5.74, 6) is 6.82. The molecule has 3 heteroatoms. The van der Waals surface area contributed by atoms with Gasteiger partial charge in [0.1, 0.15) is 5.41 Å². The Bertz CT molecular complexity index is 565. The van der Waals surface area contributed by atoms with Crippen LogP contribution in [-0.2, 0) is 14.3 Å². The zero-order valence-corrected chi connectivity index (χ0v) is 14.0. The number of carbonyl (C=O) groups excluding carboxylic acids is 2. The maximum atomic E-state index is 13.2. The second-order valence-electron chi connectivity index (χ2n) is 7.19. The minimum absolute atomic E-state index is 0.00227. The van der Waals surface area contributed by atoms with Crippen LogP contribution in [0.1, 0.15) is 57.8 Å². The van der Waals surface area contributed by atoms with Gasteiger partial charge in [-0.2, -0.15) is 0 Å². The quantitative estimate of drug-likeness (QED) is 0.321. The largest absolute Gasteiger partial charge is 0.468 e. The first-order valence-corrected chi connectivity index (χ1v) is 8.96. The molecule has 4 atom stereocenters. The molecule has 0 N–H and O–H groups in total. The van der Waals surface area contributed by atoms with Gasteiger partial charge in [-0.3, -0.25) is 9.59 Å². The van der Waals surface area contributed by atoms with E-state index in [1.807, 2.05) is 6.08 Å². The van der Waals surface area contributed by atoms with E-state index in [0.717, 1.165) is 57.8 Å². The summed E-state index contributed by atoms with van der Waals surface area (Å²) in [4.78, 5) is 25.7. The highest BCUT2D eigenvalue weighted by molar-refractivity contribution is 6.08. The van der Waals surface area contributed by atoms with E-state index in [4.69, 9.17) is 4.74 Å². The number of rotatable bonds is 1. The van der Waals surface area contributed by atoms with Crippen LogP contribution in [0.15, 0.2) is 12.2 Å². The SMILES string of the molecule is COC(=O)[C@]12C=CC3CCC#CCCCCC(CC[C@@H]1C3)C2=O. The van der Waals surface area contributed by atoms with Crippen LogP contribution in [-0.4, -0.2) is 18.9 Å². The summed E-state index contributed by atoms with van der Waals surface area (Å²) in [6.45, 7) is 0. The fourth-order valence-corrected chi connectivity index (χ4v) is 4.59. The molecule has 0 amide bonds. The molecule has 0 spiro atoms. The molecular formula is C20H26O3. The van der Waals surface area contributed by atoms with E-state index in [2.05, 4.69) is 17.9 Å². The van der Waals surface area contributed by atoms with Crippen molar-refractivity contribution < 1.29 is 14.3 Å². The molecule has 4 rings (SSSR count). The van der Waals surface area contributed by atoms with Crippen molar-refractivity contribution in [3.8, 4) is 11.8 Å². The van der Waals surface area contributed by atoms with Gasteiger partial charge in [-0.25, -0.2) is 0 Å². The Balaban J connectivity index is 1.95. The molecule has 1 fully saturated rings. The van der Waals surface area contributed by atoms with Gasteiger partial charge in [0.25, 0.3) is 0 Å². The molecule has 0 radical (unpaired) electrons. The molecule has 0 heterocycles. The summed E-state index contributed by atoms with van der Waals surface area (Å²) >= 11 is 0. The topological polar surface area (TPSA) is 43.4 Å². The monoisotopic (exact) mass is 314 g/mol. The van der Waals surface area contributed by atoms with Crippen LogP contribution in [0.2, 0.25) is 0 Å². The number of methoxy groups -OCH3 is 1. The number of carbonyl (C=O) groups is 2. The van der Waals surface area contributed by atoms with E-state index in [-0.39, 0.29) is 23.6 Å². The lowest BCUT2D eigenvalue weighted by atomic mass is 9.56. The number of fused-ring (bicyclic) bond motifs is 7. The van der Waals surface area contributed by atoms with Crippen LogP contribution < -0.4 is 0 Å². The van der Waals surface area contributed by atoms with Gasteiger partial charge in [-0.15, -0.1) is 11.8 Å². The predicted octanol–water partition coefficient (Wildman–Crippen LogP) is 3.67. The fraction of sp³-hybridized carbons (Fsp3) is 0.700. The third-order valence-corrected chi connectivity index (χ3v) is 5.90. The summed E-state index contributed by atoms with van der Waals surface area (Å²) in [6.07, 6.45) is 12.6. The maximum absolute atomic E-state index is 13.2. The van der Waals surface area contributed by atoms with Gasteiger partial charge in [0.15, 0.2) is 5.78 Å². The maximum Gasteiger partial charge on any atom is 0.323 e. The smallest absolute Gasteiger partial charge is 0.323 e. The zero-order chi connectivity index (χ0) is 16.3. The van der Waals surface area contributed by atoms with Crippen molar-refractivity contribution in [1.29, 1.82) is 0 Å². The summed E-state index contributed by atoms with van der Waals surface area (Å²) in [6, 6.07) is 0. The minimum Gasteiger partial charge on any atom is -0.468 e. The average molecular weight is 314 g/mol. The number of hydrogen-bond donors (Lipinski definition) is 0. The lowest BCUT2D eigenvalue weighted by Crippen LogP contribution is -2.52. The van der Waals surface area contributed by atoms with Gasteiger partial charge >= 0.3 is 5.97 Å². The van der Waals surface area contributed by atoms with Crippen molar-refractivity contribution in [2.45, 2.75) is 57.8 Å². The molecule has 1 saturated carbocycles. The highest BCUT2D eigenvalue weighted by Crippen LogP contribution is 2.50. The number of Topliss-reactive ketones (excluding diaryl/α,β-unsaturated/α-hetero) is 1. The van der Waals surface area contributed by atoms with Crippen LogP contribution in [0.3, 0.4) is 0 Å². The minimum atomic E-state index is -1.01. The molecule has 0 aromatic carbocycles. The van der Waals surface area contributed by atoms with Crippen LogP contribution in [0.4, 0.5) is 0 Å². The van der Waals surface area contributed by atoms with Gasteiger partial charge in [-0.1, -0.05) is 18.6 Å². The summed E-state index contributed by atoms with van der Waals surface area (Å²) < 4.78 is 5.07. The van der Waals surface area contributed by atoms with E-state index in [1.165, 1.54) is 7.11 Å². The van der Waals surface area contributed by atoms with Gasteiger partial charge < -0.3 is 4.74 Å². The first-order chi connectivity index (χ1) is 11.2. The van der Waals surface area contributed by atoms with Crippen molar-refractivity contribution in [1.82, 2.24) is 0 Å². The van der Waals surface area contributed by atoms with Crippen LogP contribution in [0.5, 0.6) is 0 Å². The Morgan fingerprint density at radius 2 is 2.00 bits per heavy atom. The molecule has 4 bridgehead atoms. The van der Waals surface area contributed by atoms with Gasteiger partial charge in [0, 0.05) is 18.8 Å². The Hall–Kier alpha value is -1.56. The molecule has 0 aliphatic heterocycles. The zero-order valence-electron chi connectivity index (χ0n) is 14.0.